The Balaban J connectivity index is 1.82. The number of aliphatic hydroxyl groups is 2. The first-order chi connectivity index (χ1) is 16.3. The van der Waals surface area contributed by atoms with Crippen LogP contribution < -0.4 is 10.9 Å². The number of amides is 1. The van der Waals surface area contributed by atoms with E-state index in [9.17, 15) is 29.3 Å². The Morgan fingerprint density at radius 1 is 1.21 bits per heavy atom. The van der Waals surface area contributed by atoms with Gasteiger partial charge in [-0.05, 0) is 55.4 Å². The first-order valence-electron chi connectivity index (χ1n) is 11.4. The summed E-state index contributed by atoms with van der Waals surface area (Å²) in [5.41, 5.74) is -0.00608. The zero-order valence-electron chi connectivity index (χ0n) is 18.9. The lowest BCUT2D eigenvalue weighted by atomic mass is 9.87. The normalized spacial score (nSPS) is 19.2. The number of benzene rings is 1. The van der Waals surface area contributed by atoms with Crippen LogP contribution >= 0.6 is 0 Å². The number of hydrogen-bond donors (Lipinski definition) is 4. The van der Waals surface area contributed by atoms with Gasteiger partial charge in [0.2, 0.25) is 0 Å². The highest BCUT2D eigenvalue weighted by Crippen LogP contribution is 2.30. The van der Waals surface area contributed by atoms with Gasteiger partial charge < -0.3 is 20.6 Å². The van der Waals surface area contributed by atoms with Crippen LogP contribution in [0.5, 0.6) is 5.75 Å². The van der Waals surface area contributed by atoms with Crippen molar-refractivity contribution in [3.63, 3.8) is 0 Å². The van der Waals surface area contributed by atoms with Gasteiger partial charge in [-0.3, -0.25) is 14.2 Å². The van der Waals surface area contributed by atoms with Crippen molar-refractivity contribution in [3.8, 4) is 16.9 Å². The van der Waals surface area contributed by atoms with Crippen LogP contribution in [-0.2, 0) is 6.54 Å². The third kappa shape index (κ3) is 4.80. The van der Waals surface area contributed by atoms with E-state index in [0.29, 0.717) is 17.0 Å². The predicted octanol–water partition coefficient (Wildman–Crippen LogP) is 2.57. The summed E-state index contributed by atoms with van der Waals surface area (Å²) < 4.78 is 14.4. The fraction of sp³-hybridized carbons (Fsp3) is 0.400. The Hall–Kier alpha value is -3.30. The molecule has 34 heavy (non-hydrogen) atoms. The van der Waals surface area contributed by atoms with Crippen molar-refractivity contribution in [1.82, 2.24) is 14.9 Å². The number of aromatic nitrogens is 2. The number of pyridine rings is 2. The molecule has 0 radical (unpaired) electrons. The molecule has 1 aliphatic carbocycles. The molecule has 2 aromatic heterocycles. The smallest absolute Gasteiger partial charge is 0.268 e. The van der Waals surface area contributed by atoms with E-state index in [1.807, 2.05) is 0 Å². The molecule has 0 spiro atoms. The molecule has 1 amide bonds. The fourth-order valence-corrected chi connectivity index (χ4v) is 4.42. The molecule has 2 heterocycles. The monoisotopic (exact) mass is 469 g/mol. The summed E-state index contributed by atoms with van der Waals surface area (Å²) >= 11 is 0. The van der Waals surface area contributed by atoms with Gasteiger partial charge in [-0.25, -0.2) is 9.37 Å². The maximum Gasteiger partial charge on any atom is 0.268 e. The zero-order valence-corrected chi connectivity index (χ0v) is 18.9. The number of hydrogen-bond acceptors (Lipinski definition) is 6. The maximum absolute atomic E-state index is 13.3. The molecule has 4 N–H and O–H groups in total. The SMILES string of the molecule is CC1CCC(NC(=O)c2c(O)c3cc(-c4ccc(F)cc4)cnc3n(CC(O)CO)c2=O)CC1. The number of carbonyl (C=O) groups excluding carboxylic acids is 1. The van der Waals surface area contributed by atoms with E-state index < -0.39 is 41.3 Å². The minimum Gasteiger partial charge on any atom is -0.506 e. The molecule has 4 rings (SSSR count). The lowest BCUT2D eigenvalue weighted by Gasteiger charge is -2.27. The van der Waals surface area contributed by atoms with Crippen molar-refractivity contribution in [1.29, 1.82) is 0 Å². The molecule has 8 nitrogen and oxygen atoms in total. The van der Waals surface area contributed by atoms with Gasteiger partial charge in [0.05, 0.1) is 24.6 Å². The van der Waals surface area contributed by atoms with Crippen LogP contribution in [0.2, 0.25) is 0 Å². The van der Waals surface area contributed by atoms with E-state index in [0.717, 1.165) is 30.3 Å². The van der Waals surface area contributed by atoms with Gasteiger partial charge in [-0.1, -0.05) is 19.1 Å². The molecule has 180 valence electrons. The van der Waals surface area contributed by atoms with Crippen LogP contribution in [0.1, 0.15) is 43.0 Å². The van der Waals surface area contributed by atoms with Gasteiger partial charge in [0.25, 0.3) is 11.5 Å². The molecule has 1 fully saturated rings. The standard InChI is InChI=1S/C25H28FN3O5/c1-14-2-8-18(9-3-14)28-24(33)21-22(32)20-10-16(15-4-6-17(26)7-5-15)11-27-23(20)29(25(21)34)12-19(31)13-30/h4-7,10-11,14,18-19,30-32H,2-3,8-9,12-13H2,1H3,(H,28,33). The molecule has 1 unspecified atom stereocenters. The minimum absolute atomic E-state index is 0.0592. The molecular formula is C25H28FN3O5. The Labute approximate surface area is 195 Å². The third-order valence-corrected chi connectivity index (χ3v) is 6.43. The van der Waals surface area contributed by atoms with E-state index in [1.54, 1.807) is 18.2 Å². The Morgan fingerprint density at radius 2 is 1.88 bits per heavy atom. The lowest BCUT2D eigenvalue weighted by molar-refractivity contribution is 0.0807. The summed E-state index contributed by atoms with van der Waals surface area (Å²) in [6.45, 7) is 1.25. The Morgan fingerprint density at radius 3 is 2.53 bits per heavy atom. The predicted molar refractivity (Wildman–Crippen MR) is 125 cm³/mol. The number of nitrogens with one attached hydrogen (secondary N) is 1. The molecule has 1 saturated carbocycles. The third-order valence-electron chi connectivity index (χ3n) is 6.43. The van der Waals surface area contributed by atoms with E-state index in [-0.39, 0.29) is 23.6 Å². The number of rotatable bonds is 6. The first-order valence-corrected chi connectivity index (χ1v) is 11.4. The largest absolute Gasteiger partial charge is 0.506 e. The van der Waals surface area contributed by atoms with Crippen molar-refractivity contribution in [3.05, 3.63) is 58.3 Å². The maximum atomic E-state index is 13.3. The second kappa shape index (κ2) is 9.90. The molecule has 0 aliphatic heterocycles. The van der Waals surface area contributed by atoms with Crippen molar-refractivity contribution >= 4 is 16.9 Å². The number of aliphatic hydroxyl groups excluding tert-OH is 2. The summed E-state index contributed by atoms with van der Waals surface area (Å²) in [7, 11) is 0. The number of aromatic hydroxyl groups is 1. The number of halogens is 1. The Kier molecular flexibility index (Phi) is 6.95. The van der Waals surface area contributed by atoms with E-state index in [1.165, 1.54) is 18.3 Å². The van der Waals surface area contributed by atoms with Crippen molar-refractivity contribution in [2.24, 2.45) is 5.92 Å². The topological polar surface area (TPSA) is 125 Å². The fourth-order valence-electron chi connectivity index (χ4n) is 4.42. The minimum atomic E-state index is -1.26. The van der Waals surface area contributed by atoms with Crippen LogP contribution in [0.15, 0.2) is 41.3 Å². The highest BCUT2D eigenvalue weighted by molar-refractivity contribution is 6.02. The summed E-state index contributed by atoms with van der Waals surface area (Å²) in [5.74, 6) is -1.02. The van der Waals surface area contributed by atoms with Crippen molar-refractivity contribution < 1.29 is 24.5 Å². The number of carbonyl (C=O) groups is 1. The van der Waals surface area contributed by atoms with Crippen molar-refractivity contribution in [2.75, 3.05) is 6.61 Å². The second-order valence-electron chi connectivity index (χ2n) is 9.01. The highest BCUT2D eigenvalue weighted by Gasteiger charge is 2.27. The van der Waals surface area contributed by atoms with Crippen LogP contribution in [-0.4, -0.2) is 49.5 Å². The molecule has 0 saturated heterocycles. The molecular weight excluding hydrogens is 441 g/mol. The van der Waals surface area contributed by atoms with E-state index >= 15 is 0 Å². The molecule has 1 atom stereocenters. The first kappa shape index (κ1) is 23.8. The number of fused-ring (bicyclic) bond motifs is 1. The van der Waals surface area contributed by atoms with Crippen LogP contribution in [0.25, 0.3) is 22.2 Å². The zero-order chi connectivity index (χ0) is 24.4. The van der Waals surface area contributed by atoms with Crippen LogP contribution in [0, 0.1) is 11.7 Å². The van der Waals surface area contributed by atoms with Crippen molar-refractivity contribution in [2.45, 2.75) is 51.3 Å². The molecule has 1 aromatic carbocycles. The average molecular weight is 470 g/mol. The summed E-state index contributed by atoms with van der Waals surface area (Å²) in [6.07, 6.45) is 3.70. The van der Waals surface area contributed by atoms with Gasteiger partial charge in [0.1, 0.15) is 22.8 Å². The lowest BCUT2D eigenvalue weighted by Crippen LogP contribution is -2.41. The summed E-state index contributed by atoms with van der Waals surface area (Å²) in [6, 6.07) is 7.16. The molecule has 0 bridgehead atoms. The molecule has 1 aliphatic rings. The summed E-state index contributed by atoms with van der Waals surface area (Å²) in [5, 5.41) is 33.3. The number of nitrogens with zero attached hydrogens (tertiary/aromatic N) is 2. The van der Waals surface area contributed by atoms with Gasteiger partial charge in [-0.2, -0.15) is 0 Å². The van der Waals surface area contributed by atoms with Gasteiger partial charge >= 0.3 is 0 Å². The average Bonchev–Trinajstić information content (AvgIpc) is 2.83. The van der Waals surface area contributed by atoms with Gasteiger partial charge in [-0.15, -0.1) is 0 Å². The van der Waals surface area contributed by atoms with E-state index in [4.69, 9.17) is 0 Å². The summed E-state index contributed by atoms with van der Waals surface area (Å²) in [4.78, 5) is 30.7. The van der Waals surface area contributed by atoms with E-state index in [2.05, 4.69) is 17.2 Å². The molecule has 3 aromatic rings. The Bertz CT molecular complexity index is 1250. The van der Waals surface area contributed by atoms with Crippen LogP contribution in [0.3, 0.4) is 0 Å². The van der Waals surface area contributed by atoms with Crippen LogP contribution in [0.4, 0.5) is 4.39 Å². The van der Waals surface area contributed by atoms with Gasteiger partial charge in [0.15, 0.2) is 0 Å². The van der Waals surface area contributed by atoms with Gasteiger partial charge in [0, 0.05) is 17.8 Å². The highest BCUT2D eigenvalue weighted by atomic mass is 19.1. The second-order valence-corrected chi connectivity index (χ2v) is 9.01. The molecule has 9 heteroatoms. The quantitative estimate of drug-likeness (QED) is 0.440.